The molecule has 5 rings (SSSR count). The number of amides is 2. The standard InChI is InChI=1S/C29H30F3N3O3S/c1-16-6-4-7-19(10-16)26-25(34-18(3)39-26)28(37)35-15-21-11-17(2)12-23(21)24(35)14-33-27(36)20-8-5-9-22(13-20)38-29(30,31)32/h4-10,13,17,21,23-24H,11-12,14-15H2,1-3H3,(H,33,36)/t17?,21-,23-,24+/m0/s1. The van der Waals surface area contributed by atoms with E-state index in [1.54, 1.807) is 0 Å². The third-order valence-electron chi connectivity index (χ3n) is 7.59. The molecule has 2 heterocycles. The van der Waals surface area contributed by atoms with Crippen LogP contribution in [-0.4, -0.2) is 47.2 Å². The van der Waals surface area contributed by atoms with Gasteiger partial charge < -0.3 is 15.0 Å². The fourth-order valence-corrected chi connectivity index (χ4v) is 6.97. The number of fused-ring (bicyclic) bond motifs is 1. The molecule has 0 spiro atoms. The minimum Gasteiger partial charge on any atom is -0.406 e. The Balaban J connectivity index is 1.37. The summed E-state index contributed by atoms with van der Waals surface area (Å²) in [6.07, 6.45) is -2.89. The van der Waals surface area contributed by atoms with Crippen molar-refractivity contribution in [3.05, 3.63) is 70.4 Å². The Labute approximate surface area is 229 Å². The average Bonchev–Trinajstić information content (AvgIpc) is 3.53. The molecule has 2 fully saturated rings. The summed E-state index contributed by atoms with van der Waals surface area (Å²) in [7, 11) is 0. The largest absolute Gasteiger partial charge is 0.573 e. The van der Waals surface area contributed by atoms with Crippen molar-refractivity contribution in [2.24, 2.45) is 17.8 Å². The first-order chi connectivity index (χ1) is 18.5. The highest BCUT2D eigenvalue weighted by atomic mass is 32.1. The normalized spacial score (nSPS) is 22.6. The maximum Gasteiger partial charge on any atom is 0.573 e. The molecule has 6 nitrogen and oxygen atoms in total. The summed E-state index contributed by atoms with van der Waals surface area (Å²) in [4.78, 5) is 34.2. The van der Waals surface area contributed by atoms with Crippen molar-refractivity contribution in [3.8, 4) is 16.2 Å². The lowest BCUT2D eigenvalue weighted by molar-refractivity contribution is -0.274. The van der Waals surface area contributed by atoms with E-state index in [1.807, 2.05) is 43.0 Å². The number of aryl methyl sites for hydroxylation is 2. The van der Waals surface area contributed by atoms with Crippen LogP contribution >= 0.6 is 11.3 Å². The molecule has 3 aromatic rings. The molecular formula is C29H30F3N3O3S. The number of rotatable bonds is 6. The van der Waals surface area contributed by atoms with Crippen LogP contribution in [0.4, 0.5) is 13.2 Å². The molecule has 2 aliphatic rings. The fraction of sp³-hybridized carbons (Fsp3) is 0.414. The van der Waals surface area contributed by atoms with Crippen LogP contribution in [0.5, 0.6) is 5.75 Å². The molecule has 2 amide bonds. The lowest BCUT2D eigenvalue weighted by atomic mass is 9.93. The lowest BCUT2D eigenvalue weighted by Gasteiger charge is -2.28. The molecule has 0 radical (unpaired) electrons. The number of alkyl halides is 3. The molecule has 1 aliphatic carbocycles. The number of ether oxygens (including phenoxy) is 1. The first-order valence-corrected chi connectivity index (χ1v) is 13.8. The van der Waals surface area contributed by atoms with E-state index in [9.17, 15) is 22.8 Å². The second-order valence-corrected chi connectivity index (χ2v) is 11.8. The molecule has 1 saturated carbocycles. The van der Waals surface area contributed by atoms with E-state index in [4.69, 9.17) is 0 Å². The molecule has 1 aliphatic heterocycles. The van der Waals surface area contributed by atoms with Gasteiger partial charge in [0.2, 0.25) is 0 Å². The van der Waals surface area contributed by atoms with Crippen molar-refractivity contribution in [1.29, 1.82) is 0 Å². The van der Waals surface area contributed by atoms with E-state index in [0.29, 0.717) is 24.1 Å². The van der Waals surface area contributed by atoms with Crippen molar-refractivity contribution >= 4 is 23.2 Å². The molecule has 2 aromatic carbocycles. The topological polar surface area (TPSA) is 71.5 Å². The second-order valence-electron chi connectivity index (χ2n) is 10.6. The average molecular weight is 558 g/mol. The number of carbonyl (C=O) groups is 2. The van der Waals surface area contributed by atoms with Gasteiger partial charge in [-0.3, -0.25) is 9.59 Å². The molecule has 4 atom stereocenters. The van der Waals surface area contributed by atoms with E-state index in [2.05, 4.69) is 22.0 Å². The Bertz CT molecular complexity index is 1390. The Hall–Kier alpha value is -3.40. The third-order valence-corrected chi connectivity index (χ3v) is 8.61. The van der Waals surface area contributed by atoms with E-state index in [1.165, 1.54) is 23.5 Å². The number of aromatic nitrogens is 1. The highest BCUT2D eigenvalue weighted by Gasteiger charge is 2.48. The fourth-order valence-electron chi connectivity index (χ4n) is 6.06. The summed E-state index contributed by atoms with van der Waals surface area (Å²) in [5.41, 5.74) is 2.51. The van der Waals surface area contributed by atoms with Crippen LogP contribution in [0.25, 0.3) is 10.4 Å². The predicted octanol–water partition coefficient (Wildman–Crippen LogP) is 6.24. The van der Waals surface area contributed by atoms with E-state index < -0.39 is 18.0 Å². The van der Waals surface area contributed by atoms with Gasteiger partial charge in [0.05, 0.1) is 15.9 Å². The molecule has 1 saturated heterocycles. The minimum atomic E-state index is -4.85. The van der Waals surface area contributed by atoms with Gasteiger partial charge in [0, 0.05) is 18.7 Å². The molecule has 10 heteroatoms. The van der Waals surface area contributed by atoms with Crippen LogP contribution in [0.15, 0.2) is 48.5 Å². The predicted molar refractivity (Wildman–Crippen MR) is 143 cm³/mol. The van der Waals surface area contributed by atoms with Crippen molar-refractivity contribution < 1.29 is 27.5 Å². The van der Waals surface area contributed by atoms with Crippen LogP contribution in [0.2, 0.25) is 0 Å². The van der Waals surface area contributed by atoms with Crippen LogP contribution in [0.3, 0.4) is 0 Å². The van der Waals surface area contributed by atoms with Crippen LogP contribution in [0, 0.1) is 31.6 Å². The molecular weight excluding hydrogens is 527 g/mol. The van der Waals surface area contributed by atoms with Gasteiger partial charge in [-0.1, -0.05) is 42.8 Å². The number of carbonyl (C=O) groups excluding carboxylic acids is 2. The Morgan fingerprint density at radius 1 is 1.13 bits per heavy atom. The molecule has 1 unspecified atom stereocenters. The maximum absolute atomic E-state index is 14.0. The molecule has 206 valence electrons. The number of hydrogen-bond donors (Lipinski definition) is 1. The lowest BCUT2D eigenvalue weighted by Crippen LogP contribution is -2.46. The van der Waals surface area contributed by atoms with Gasteiger partial charge in [0.1, 0.15) is 11.4 Å². The molecule has 39 heavy (non-hydrogen) atoms. The number of halogens is 3. The second kappa shape index (κ2) is 10.6. The van der Waals surface area contributed by atoms with Gasteiger partial charge in [-0.05, 0) is 68.2 Å². The number of likely N-dealkylation sites (tertiary alicyclic amines) is 1. The van der Waals surface area contributed by atoms with E-state index >= 15 is 0 Å². The van der Waals surface area contributed by atoms with Gasteiger partial charge in [0.15, 0.2) is 0 Å². The van der Waals surface area contributed by atoms with Gasteiger partial charge in [-0.15, -0.1) is 24.5 Å². The zero-order chi connectivity index (χ0) is 27.9. The summed E-state index contributed by atoms with van der Waals surface area (Å²) in [5.74, 6) is -0.0499. The summed E-state index contributed by atoms with van der Waals surface area (Å²) in [5, 5.41) is 3.67. The first-order valence-electron chi connectivity index (χ1n) is 13.0. The number of hydrogen-bond acceptors (Lipinski definition) is 5. The Kier molecular flexibility index (Phi) is 7.41. The van der Waals surface area contributed by atoms with Gasteiger partial charge in [-0.25, -0.2) is 4.98 Å². The zero-order valence-electron chi connectivity index (χ0n) is 21.9. The Morgan fingerprint density at radius 2 is 1.90 bits per heavy atom. The third kappa shape index (κ3) is 5.95. The minimum absolute atomic E-state index is 0.0563. The van der Waals surface area contributed by atoms with Crippen molar-refractivity contribution in [3.63, 3.8) is 0 Å². The molecule has 0 bridgehead atoms. The highest BCUT2D eigenvalue weighted by Crippen LogP contribution is 2.46. The monoisotopic (exact) mass is 557 g/mol. The van der Waals surface area contributed by atoms with Gasteiger partial charge >= 0.3 is 6.36 Å². The summed E-state index contributed by atoms with van der Waals surface area (Å²) >= 11 is 1.49. The SMILES string of the molecule is Cc1cccc(-c2sc(C)nc2C(=O)N2C[C@@H]3CC(C)C[C@@H]3[C@H]2CNC(=O)c2cccc(OC(F)(F)F)c2)c1. The number of benzene rings is 2. The van der Waals surface area contributed by atoms with E-state index in [-0.39, 0.29) is 30.0 Å². The quantitative estimate of drug-likeness (QED) is 0.389. The van der Waals surface area contributed by atoms with Crippen molar-refractivity contribution in [2.45, 2.75) is 46.0 Å². The van der Waals surface area contributed by atoms with Crippen molar-refractivity contribution in [2.75, 3.05) is 13.1 Å². The van der Waals surface area contributed by atoms with Crippen LogP contribution < -0.4 is 10.1 Å². The van der Waals surface area contributed by atoms with Crippen molar-refractivity contribution in [1.82, 2.24) is 15.2 Å². The summed E-state index contributed by atoms with van der Waals surface area (Å²) < 4.78 is 41.9. The zero-order valence-corrected chi connectivity index (χ0v) is 22.7. The Morgan fingerprint density at radius 3 is 2.64 bits per heavy atom. The summed E-state index contributed by atoms with van der Waals surface area (Å²) in [6, 6.07) is 12.7. The maximum atomic E-state index is 14.0. The number of nitrogens with one attached hydrogen (secondary N) is 1. The smallest absolute Gasteiger partial charge is 0.406 e. The highest BCUT2D eigenvalue weighted by molar-refractivity contribution is 7.15. The van der Waals surface area contributed by atoms with Gasteiger partial charge in [0.25, 0.3) is 11.8 Å². The number of nitrogens with zero attached hydrogens (tertiary/aromatic N) is 2. The number of thiazole rings is 1. The molecule has 1 aromatic heterocycles. The van der Waals surface area contributed by atoms with Gasteiger partial charge in [-0.2, -0.15) is 0 Å². The van der Waals surface area contributed by atoms with Crippen LogP contribution in [-0.2, 0) is 0 Å². The summed E-state index contributed by atoms with van der Waals surface area (Å²) in [6.45, 7) is 6.88. The molecule has 1 N–H and O–H groups in total. The van der Waals surface area contributed by atoms with E-state index in [0.717, 1.165) is 46.0 Å². The van der Waals surface area contributed by atoms with Crippen LogP contribution in [0.1, 0.15) is 51.2 Å². The first kappa shape index (κ1) is 27.2.